The SMILES string of the molecule is CC[C@H](C)NC(=O)NC(=O)COC(=O)/C=C/c1cc(Br)ccc1F. The van der Waals surface area contributed by atoms with Gasteiger partial charge in [0.05, 0.1) is 0 Å². The third-order valence-electron chi connectivity index (χ3n) is 2.95. The fraction of sp³-hybridized carbons (Fsp3) is 0.312. The molecule has 0 fully saturated rings. The van der Waals surface area contributed by atoms with Crippen LogP contribution in [0, 0.1) is 5.82 Å². The molecule has 0 radical (unpaired) electrons. The second kappa shape index (κ2) is 9.82. The lowest BCUT2D eigenvalue weighted by Gasteiger charge is -2.11. The van der Waals surface area contributed by atoms with Crippen molar-refractivity contribution in [1.82, 2.24) is 10.6 Å². The van der Waals surface area contributed by atoms with Crippen molar-refractivity contribution in [3.8, 4) is 0 Å². The summed E-state index contributed by atoms with van der Waals surface area (Å²) in [5.74, 6) is -2.08. The van der Waals surface area contributed by atoms with Gasteiger partial charge in [-0.3, -0.25) is 10.1 Å². The van der Waals surface area contributed by atoms with E-state index >= 15 is 0 Å². The molecule has 1 aromatic carbocycles. The largest absolute Gasteiger partial charge is 0.452 e. The number of benzene rings is 1. The van der Waals surface area contributed by atoms with Gasteiger partial charge >= 0.3 is 12.0 Å². The van der Waals surface area contributed by atoms with Gasteiger partial charge in [0.15, 0.2) is 6.61 Å². The van der Waals surface area contributed by atoms with E-state index in [4.69, 9.17) is 0 Å². The molecule has 1 aromatic rings. The number of hydrogen-bond acceptors (Lipinski definition) is 4. The van der Waals surface area contributed by atoms with Gasteiger partial charge in [-0.15, -0.1) is 0 Å². The fourth-order valence-corrected chi connectivity index (χ4v) is 1.89. The molecule has 3 amide bonds. The average molecular weight is 401 g/mol. The molecular weight excluding hydrogens is 383 g/mol. The number of halogens is 2. The highest BCUT2D eigenvalue weighted by Gasteiger charge is 2.11. The molecule has 1 rings (SSSR count). The molecule has 1 atom stereocenters. The number of amides is 3. The fourth-order valence-electron chi connectivity index (χ4n) is 1.51. The van der Waals surface area contributed by atoms with E-state index < -0.39 is 30.3 Å². The van der Waals surface area contributed by atoms with E-state index in [0.29, 0.717) is 10.9 Å². The Morgan fingerprint density at radius 2 is 2.08 bits per heavy atom. The normalized spacial score (nSPS) is 11.8. The highest BCUT2D eigenvalue weighted by Crippen LogP contribution is 2.16. The molecule has 0 aliphatic heterocycles. The van der Waals surface area contributed by atoms with E-state index in [1.807, 2.05) is 12.2 Å². The molecule has 0 saturated carbocycles. The smallest absolute Gasteiger partial charge is 0.331 e. The van der Waals surface area contributed by atoms with E-state index in [2.05, 4.69) is 26.0 Å². The molecule has 0 aromatic heterocycles. The van der Waals surface area contributed by atoms with Gasteiger partial charge in [-0.25, -0.2) is 14.0 Å². The number of imide groups is 1. The van der Waals surface area contributed by atoms with Gasteiger partial charge in [0.25, 0.3) is 5.91 Å². The lowest BCUT2D eigenvalue weighted by atomic mass is 10.2. The van der Waals surface area contributed by atoms with Crippen LogP contribution < -0.4 is 10.6 Å². The molecular formula is C16H18BrFN2O4. The van der Waals surface area contributed by atoms with Crippen molar-refractivity contribution in [2.24, 2.45) is 0 Å². The van der Waals surface area contributed by atoms with E-state index in [9.17, 15) is 18.8 Å². The van der Waals surface area contributed by atoms with E-state index in [1.54, 1.807) is 6.92 Å². The van der Waals surface area contributed by atoms with E-state index in [0.717, 1.165) is 6.08 Å². The summed E-state index contributed by atoms with van der Waals surface area (Å²) < 4.78 is 18.8. The molecule has 0 unspecified atom stereocenters. The first-order valence-electron chi connectivity index (χ1n) is 7.22. The summed E-state index contributed by atoms with van der Waals surface area (Å²) >= 11 is 3.19. The van der Waals surface area contributed by atoms with Crippen molar-refractivity contribution >= 4 is 39.9 Å². The second-order valence-corrected chi connectivity index (χ2v) is 5.85. The van der Waals surface area contributed by atoms with E-state index in [-0.39, 0.29) is 11.6 Å². The van der Waals surface area contributed by atoms with Crippen LogP contribution in [-0.2, 0) is 14.3 Å². The first-order chi connectivity index (χ1) is 11.3. The van der Waals surface area contributed by atoms with Crippen molar-refractivity contribution in [3.63, 3.8) is 0 Å². The first-order valence-corrected chi connectivity index (χ1v) is 8.01. The van der Waals surface area contributed by atoms with Gasteiger partial charge in [-0.1, -0.05) is 22.9 Å². The Hall–Kier alpha value is -2.22. The summed E-state index contributed by atoms with van der Waals surface area (Å²) in [5, 5.41) is 4.57. The molecule has 2 N–H and O–H groups in total. The Morgan fingerprint density at radius 3 is 2.75 bits per heavy atom. The maximum atomic E-state index is 13.5. The Kier molecular flexibility index (Phi) is 8.11. The Bertz CT molecular complexity index is 649. The second-order valence-electron chi connectivity index (χ2n) is 4.94. The maximum Gasteiger partial charge on any atom is 0.331 e. The zero-order chi connectivity index (χ0) is 18.1. The molecule has 130 valence electrons. The van der Waals surface area contributed by atoms with Crippen LogP contribution in [0.2, 0.25) is 0 Å². The highest BCUT2D eigenvalue weighted by atomic mass is 79.9. The Labute approximate surface area is 147 Å². The van der Waals surface area contributed by atoms with Crippen LogP contribution in [-0.4, -0.2) is 30.6 Å². The van der Waals surface area contributed by atoms with Crippen LogP contribution in [0.4, 0.5) is 9.18 Å². The summed E-state index contributed by atoms with van der Waals surface area (Å²) in [6.45, 7) is 3.06. The Morgan fingerprint density at radius 1 is 1.38 bits per heavy atom. The quantitative estimate of drug-likeness (QED) is 0.567. The third kappa shape index (κ3) is 7.36. The molecule has 0 bridgehead atoms. The zero-order valence-electron chi connectivity index (χ0n) is 13.3. The van der Waals surface area contributed by atoms with Crippen molar-refractivity contribution in [1.29, 1.82) is 0 Å². The average Bonchev–Trinajstić information content (AvgIpc) is 2.53. The summed E-state index contributed by atoms with van der Waals surface area (Å²) in [7, 11) is 0. The molecule has 0 heterocycles. The van der Waals surface area contributed by atoms with E-state index in [1.165, 1.54) is 24.3 Å². The van der Waals surface area contributed by atoms with Gasteiger partial charge in [0.1, 0.15) is 5.82 Å². The minimum Gasteiger partial charge on any atom is -0.452 e. The molecule has 8 heteroatoms. The van der Waals surface area contributed by atoms with Crippen molar-refractivity contribution in [3.05, 3.63) is 40.1 Å². The van der Waals surface area contributed by atoms with Crippen LogP contribution in [0.15, 0.2) is 28.7 Å². The van der Waals surface area contributed by atoms with Crippen LogP contribution in [0.25, 0.3) is 6.08 Å². The minimum atomic E-state index is -0.827. The topological polar surface area (TPSA) is 84.5 Å². The highest BCUT2D eigenvalue weighted by molar-refractivity contribution is 9.10. The number of urea groups is 1. The number of nitrogens with one attached hydrogen (secondary N) is 2. The predicted molar refractivity (Wildman–Crippen MR) is 90.5 cm³/mol. The third-order valence-corrected chi connectivity index (χ3v) is 3.44. The van der Waals surface area contributed by atoms with Crippen LogP contribution in [0.3, 0.4) is 0 Å². The van der Waals surface area contributed by atoms with Gasteiger partial charge in [0, 0.05) is 22.2 Å². The maximum absolute atomic E-state index is 13.5. The lowest BCUT2D eigenvalue weighted by Crippen LogP contribution is -2.44. The van der Waals surface area contributed by atoms with Crippen molar-refractivity contribution in [2.75, 3.05) is 6.61 Å². The van der Waals surface area contributed by atoms with Gasteiger partial charge in [0.2, 0.25) is 0 Å². The van der Waals surface area contributed by atoms with Crippen LogP contribution in [0.1, 0.15) is 25.8 Å². The number of carbonyl (C=O) groups excluding carboxylic acids is 3. The monoisotopic (exact) mass is 400 g/mol. The summed E-state index contributed by atoms with van der Waals surface area (Å²) in [4.78, 5) is 34.4. The molecule has 6 nitrogen and oxygen atoms in total. The number of esters is 1. The Balaban J connectivity index is 2.43. The minimum absolute atomic E-state index is 0.0802. The molecule has 0 aliphatic rings. The number of hydrogen-bond donors (Lipinski definition) is 2. The van der Waals surface area contributed by atoms with Crippen LogP contribution >= 0.6 is 15.9 Å². The summed E-state index contributed by atoms with van der Waals surface area (Å²) in [5.41, 5.74) is 0.193. The summed E-state index contributed by atoms with van der Waals surface area (Å²) in [6, 6.07) is 3.53. The predicted octanol–water partition coefficient (Wildman–Crippen LogP) is 2.77. The molecule has 24 heavy (non-hydrogen) atoms. The number of carbonyl (C=O) groups is 3. The molecule has 0 saturated heterocycles. The van der Waals surface area contributed by atoms with Crippen molar-refractivity contribution in [2.45, 2.75) is 26.3 Å². The molecule has 0 aliphatic carbocycles. The number of rotatable bonds is 6. The lowest BCUT2D eigenvalue weighted by molar-refractivity contribution is -0.143. The van der Waals surface area contributed by atoms with Gasteiger partial charge in [-0.05, 0) is 37.6 Å². The molecule has 0 spiro atoms. The van der Waals surface area contributed by atoms with Gasteiger partial charge < -0.3 is 10.1 Å². The zero-order valence-corrected chi connectivity index (χ0v) is 14.9. The number of ether oxygens (including phenoxy) is 1. The standard InChI is InChI=1S/C16H18BrFN2O4/c1-3-10(2)19-16(23)20-14(21)9-24-15(22)7-4-11-8-12(17)5-6-13(11)18/h4-8,10H,3,9H2,1-2H3,(H2,19,20,21,23)/b7-4+/t10-/m0/s1. The van der Waals surface area contributed by atoms with Crippen molar-refractivity contribution < 1.29 is 23.5 Å². The van der Waals surface area contributed by atoms with Crippen LogP contribution in [0.5, 0.6) is 0 Å². The first kappa shape index (κ1) is 19.8. The summed E-state index contributed by atoms with van der Waals surface area (Å²) in [6.07, 6.45) is 2.95. The van der Waals surface area contributed by atoms with Gasteiger partial charge in [-0.2, -0.15) is 0 Å².